The second kappa shape index (κ2) is 4.41. The molecule has 3 nitrogen and oxygen atoms in total. The molecule has 19 heavy (non-hydrogen) atoms. The fourth-order valence-corrected chi connectivity index (χ4v) is 2.78. The molecule has 2 rings (SSSR count). The van der Waals surface area contributed by atoms with Gasteiger partial charge in [-0.15, -0.1) is 0 Å². The Hall–Kier alpha value is -1.22. The van der Waals surface area contributed by atoms with Crippen LogP contribution in [0.1, 0.15) is 51.7 Å². The Bertz CT molecular complexity index is 482. The fourth-order valence-electron chi connectivity index (χ4n) is 2.78. The maximum absolute atomic E-state index is 10.7. The summed E-state index contributed by atoms with van der Waals surface area (Å²) in [4.78, 5) is 0. The van der Waals surface area contributed by atoms with Crippen LogP contribution in [0.25, 0.3) is 0 Å². The number of ether oxygens (including phenoxy) is 1. The van der Waals surface area contributed by atoms with E-state index in [4.69, 9.17) is 10.5 Å². The first-order chi connectivity index (χ1) is 8.72. The highest BCUT2D eigenvalue weighted by Crippen LogP contribution is 2.55. The van der Waals surface area contributed by atoms with Gasteiger partial charge in [0.2, 0.25) is 0 Å². The second-order valence-corrected chi connectivity index (χ2v) is 6.77. The van der Waals surface area contributed by atoms with Gasteiger partial charge in [-0.05, 0) is 37.3 Å². The third kappa shape index (κ3) is 2.32. The Labute approximate surface area is 115 Å². The molecule has 0 spiro atoms. The number of benzene rings is 1. The van der Waals surface area contributed by atoms with E-state index < -0.39 is 0 Å². The van der Waals surface area contributed by atoms with Gasteiger partial charge in [0, 0.05) is 22.6 Å². The summed E-state index contributed by atoms with van der Waals surface area (Å²) in [7, 11) is 1.66. The van der Waals surface area contributed by atoms with Crippen molar-refractivity contribution in [3.8, 4) is 11.5 Å². The minimum atomic E-state index is -0.124. The number of hydrogen-bond donors (Lipinski definition) is 2. The number of methoxy groups -OCH3 is 1. The summed E-state index contributed by atoms with van der Waals surface area (Å²) in [6, 6.07) is 3.91. The van der Waals surface area contributed by atoms with Gasteiger partial charge in [0.1, 0.15) is 11.5 Å². The van der Waals surface area contributed by atoms with Crippen molar-refractivity contribution >= 4 is 0 Å². The predicted molar refractivity (Wildman–Crippen MR) is 77.9 cm³/mol. The van der Waals surface area contributed by atoms with Gasteiger partial charge in [0.15, 0.2) is 0 Å². The molecule has 3 N–H and O–H groups in total. The molecule has 0 aromatic heterocycles. The van der Waals surface area contributed by atoms with Crippen LogP contribution in [0.15, 0.2) is 12.1 Å². The zero-order valence-electron chi connectivity index (χ0n) is 12.6. The van der Waals surface area contributed by atoms with E-state index in [0.29, 0.717) is 5.75 Å². The smallest absolute Gasteiger partial charge is 0.123 e. The third-order valence-corrected chi connectivity index (χ3v) is 4.32. The van der Waals surface area contributed by atoms with Gasteiger partial charge in [0.25, 0.3) is 0 Å². The van der Waals surface area contributed by atoms with Crippen molar-refractivity contribution in [2.24, 2.45) is 5.73 Å². The molecule has 0 saturated heterocycles. The van der Waals surface area contributed by atoms with Crippen LogP contribution in [-0.2, 0) is 10.8 Å². The standard InChI is InChI=1S/C16H25NO2/c1-10(17)16(6-7-16)13-9-11(19-5)8-12(14(13)18)15(2,3)4/h8-10,18H,6-7,17H2,1-5H3. The normalized spacial score (nSPS) is 19.1. The molecule has 0 radical (unpaired) electrons. The zero-order valence-corrected chi connectivity index (χ0v) is 12.6. The number of hydrogen-bond acceptors (Lipinski definition) is 3. The summed E-state index contributed by atoms with van der Waals surface area (Å²) in [6.45, 7) is 8.30. The summed E-state index contributed by atoms with van der Waals surface area (Å²) >= 11 is 0. The molecule has 1 aromatic carbocycles. The first-order valence-corrected chi connectivity index (χ1v) is 6.90. The zero-order chi connectivity index (χ0) is 14.4. The highest BCUT2D eigenvalue weighted by molar-refractivity contribution is 5.54. The van der Waals surface area contributed by atoms with Crippen molar-refractivity contribution in [3.63, 3.8) is 0 Å². The van der Waals surface area contributed by atoms with Crippen LogP contribution in [-0.4, -0.2) is 18.3 Å². The monoisotopic (exact) mass is 263 g/mol. The number of phenolic OH excluding ortho intramolecular Hbond substituents is 1. The number of nitrogens with two attached hydrogens (primary N) is 1. The topological polar surface area (TPSA) is 55.5 Å². The Morgan fingerprint density at radius 2 is 1.89 bits per heavy atom. The van der Waals surface area contributed by atoms with Crippen molar-refractivity contribution in [1.82, 2.24) is 0 Å². The van der Waals surface area contributed by atoms with Gasteiger partial charge >= 0.3 is 0 Å². The van der Waals surface area contributed by atoms with E-state index in [0.717, 1.165) is 29.7 Å². The van der Waals surface area contributed by atoms with E-state index in [-0.39, 0.29) is 16.9 Å². The second-order valence-electron chi connectivity index (χ2n) is 6.77. The van der Waals surface area contributed by atoms with Gasteiger partial charge in [-0.3, -0.25) is 0 Å². The predicted octanol–water partition coefficient (Wildman–Crippen LogP) is 3.08. The molecule has 1 aliphatic rings. The van der Waals surface area contributed by atoms with Gasteiger partial charge in [-0.1, -0.05) is 20.8 Å². The lowest BCUT2D eigenvalue weighted by atomic mass is 9.80. The average molecular weight is 263 g/mol. The third-order valence-electron chi connectivity index (χ3n) is 4.32. The van der Waals surface area contributed by atoms with Crippen LogP contribution < -0.4 is 10.5 Å². The van der Waals surface area contributed by atoms with E-state index in [1.807, 2.05) is 19.1 Å². The van der Waals surface area contributed by atoms with Crippen molar-refractivity contribution in [1.29, 1.82) is 0 Å². The minimum Gasteiger partial charge on any atom is -0.507 e. The molecule has 106 valence electrons. The maximum Gasteiger partial charge on any atom is 0.123 e. The van der Waals surface area contributed by atoms with Crippen LogP contribution in [0.5, 0.6) is 11.5 Å². The van der Waals surface area contributed by atoms with Gasteiger partial charge in [0.05, 0.1) is 7.11 Å². The molecule has 1 aromatic rings. The number of rotatable bonds is 3. The van der Waals surface area contributed by atoms with Gasteiger partial charge in [-0.2, -0.15) is 0 Å². The molecule has 1 unspecified atom stereocenters. The van der Waals surface area contributed by atoms with E-state index in [9.17, 15) is 5.11 Å². The fraction of sp³-hybridized carbons (Fsp3) is 0.625. The molecule has 1 aliphatic carbocycles. The SMILES string of the molecule is COc1cc(C(C)(C)C)c(O)c(C2(C(C)N)CC2)c1. The lowest BCUT2D eigenvalue weighted by Crippen LogP contribution is -2.32. The molecule has 1 fully saturated rings. The summed E-state index contributed by atoms with van der Waals surface area (Å²) in [5.41, 5.74) is 7.81. The largest absolute Gasteiger partial charge is 0.507 e. The van der Waals surface area contributed by atoms with E-state index >= 15 is 0 Å². The van der Waals surface area contributed by atoms with Crippen LogP contribution in [0, 0.1) is 0 Å². The molecule has 3 heteroatoms. The Balaban J connectivity index is 2.62. The van der Waals surface area contributed by atoms with Crippen molar-refractivity contribution < 1.29 is 9.84 Å². The molecular weight excluding hydrogens is 238 g/mol. The average Bonchev–Trinajstić information content (AvgIpc) is 3.09. The minimum absolute atomic E-state index is 0.0401. The first-order valence-electron chi connectivity index (χ1n) is 6.90. The van der Waals surface area contributed by atoms with E-state index in [1.54, 1.807) is 7.11 Å². The quantitative estimate of drug-likeness (QED) is 0.881. The van der Waals surface area contributed by atoms with Crippen molar-refractivity contribution in [2.45, 2.75) is 57.4 Å². The summed E-state index contributed by atoms with van der Waals surface area (Å²) in [5.74, 6) is 1.19. The highest BCUT2D eigenvalue weighted by atomic mass is 16.5. The van der Waals surface area contributed by atoms with Crippen molar-refractivity contribution in [3.05, 3.63) is 23.3 Å². The molecule has 0 bridgehead atoms. The van der Waals surface area contributed by atoms with Gasteiger partial charge < -0.3 is 15.6 Å². The summed E-state index contributed by atoms with van der Waals surface area (Å²) in [5, 5.41) is 10.7. The molecule has 1 atom stereocenters. The molecule has 0 aliphatic heterocycles. The maximum atomic E-state index is 10.7. The van der Waals surface area contributed by atoms with Crippen molar-refractivity contribution in [2.75, 3.05) is 7.11 Å². The lowest BCUT2D eigenvalue weighted by molar-refractivity contribution is 0.395. The molecule has 1 saturated carbocycles. The Kier molecular flexibility index (Phi) is 3.29. The summed E-state index contributed by atoms with van der Waals surface area (Å²) < 4.78 is 5.40. The Morgan fingerprint density at radius 3 is 2.26 bits per heavy atom. The highest BCUT2D eigenvalue weighted by Gasteiger charge is 2.49. The van der Waals surface area contributed by atoms with Crippen LogP contribution in [0.3, 0.4) is 0 Å². The summed E-state index contributed by atoms with van der Waals surface area (Å²) in [6.07, 6.45) is 2.07. The number of phenols is 1. The number of aromatic hydroxyl groups is 1. The van der Waals surface area contributed by atoms with Gasteiger partial charge in [-0.25, -0.2) is 0 Å². The van der Waals surface area contributed by atoms with Crippen LogP contribution in [0.2, 0.25) is 0 Å². The first kappa shape index (κ1) is 14.2. The molecule has 0 heterocycles. The van der Waals surface area contributed by atoms with Crippen LogP contribution in [0.4, 0.5) is 0 Å². The van der Waals surface area contributed by atoms with E-state index in [1.165, 1.54) is 0 Å². The molecular formula is C16H25NO2. The Morgan fingerprint density at radius 1 is 1.32 bits per heavy atom. The van der Waals surface area contributed by atoms with E-state index in [2.05, 4.69) is 20.8 Å². The molecule has 0 amide bonds. The lowest BCUT2D eigenvalue weighted by Gasteiger charge is -2.27. The van der Waals surface area contributed by atoms with Crippen LogP contribution >= 0.6 is 0 Å².